The van der Waals surface area contributed by atoms with Crippen LogP contribution in [-0.2, 0) is 11.3 Å². The van der Waals surface area contributed by atoms with E-state index in [1.807, 2.05) is 29.6 Å². The van der Waals surface area contributed by atoms with Crippen LogP contribution in [0.1, 0.15) is 31.0 Å². The first kappa shape index (κ1) is 18.9. The molecule has 0 aliphatic carbocycles. The maximum absolute atomic E-state index is 13.1. The molecule has 0 aliphatic rings. The molecular weight excluding hydrogens is 319 g/mol. The number of nitrogens with one attached hydrogen (secondary N) is 1. The average molecular weight is 345 g/mol. The molecule has 0 unspecified atom stereocenters. The molecule has 3 N–H and O–H groups in total. The smallest absolute Gasteiger partial charge is 0.275 e. The van der Waals surface area contributed by atoms with Crippen molar-refractivity contribution in [3.8, 4) is 5.75 Å². The second-order valence-electron chi connectivity index (χ2n) is 6.39. The highest BCUT2D eigenvalue weighted by Crippen LogP contribution is 2.17. The van der Waals surface area contributed by atoms with Crippen molar-refractivity contribution in [3.63, 3.8) is 0 Å². The Morgan fingerprint density at radius 3 is 2.32 bits per heavy atom. The molecule has 25 heavy (non-hydrogen) atoms. The molecule has 0 fully saturated rings. The molecule has 2 aromatic carbocycles. The average Bonchev–Trinajstić information content (AvgIpc) is 2.61. The monoisotopic (exact) mass is 345 g/mol. The van der Waals surface area contributed by atoms with Gasteiger partial charge in [0.2, 0.25) is 0 Å². The fourth-order valence-electron chi connectivity index (χ4n) is 2.73. The van der Waals surface area contributed by atoms with Crippen molar-refractivity contribution in [2.24, 2.45) is 5.92 Å². The van der Waals surface area contributed by atoms with Crippen LogP contribution in [0.4, 0.5) is 4.39 Å². The number of benzene rings is 2. The third kappa shape index (κ3) is 5.87. The van der Waals surface area contributed by atoms with Crippen LogP contribution in [-0.4, -0.2) is 19.6 Å². The maximum Gasteiger partial charge on any atom is 0.275 e. The van der Waals surface area contributed by atoms with Gasteiger partial charge in [-0.1, -0.05) is 38.1 Å². The molecule has 0 saturated heterocycles. The first-order valence-corrected chi connectivity index (χ1v) is 8.48. The Bertz CT molecular complexity index is 669. The number of hydrogen-bond acceptors (Lipinski definition) is 2. The minimum absolute atomic E-state index is 0.0245. The van der Waals surface area contributed by atoms with Gasteiger partial charge in [-0.2, -0.15) is 0 Å². The molecule has 0 radical (unpaired) electrons. The standard InChI is InChI=1S/C20H25FN2O2/c1-14(2)20(16-6-8-17(21)9-7-16)23-13-19(24)22-12-15-4-10-18(25-3)11-5-15/h4-11,14,20,23H,12-13H2,1-3H3,(H,22,24)/p+1/t20-/m0/s1. The minimum atomic E-state index is -0.247. The van der Waals surface area contributed by atoms with E-state index in [9.17, 15) is 9.18 Å². The lowest BCUT2D eigenvalue weighted by molar-refractivity contribution is -0.692. The number of ether oxygens (including phenoxy) is 1. The molecule has 0 aromatic heterocycles. The minimum Gasteiger partial charge on any atom is -0.497 e. The molecule has 1 amide bonds. The second-order valence-corrected chi connectivity index (χ2v) is 6.39. The number of amides is 1. The molecule has 2 rings (SSSR count). The lowest BCUT2D eigenvalue weighted by atomic mass is 9.96. The highest BCUT2D eigenvalue weighted by atomic mass is 19.1. The Labute approximate surface area is 148 Å². The van der Waals surface area contributed by atoms with Gasteiger partial charge in [-0.05, 0) is 29.8 Å². The molecule has 1 atom stereocenters. The van der Waals surface area contributed by atoms with Crippen LogP contribution in [0.3, 0.4) is 0 Å². The number of carbonyl (C=O) groups is 1. The van der Waals surface area contributed by atoms with Crippen LogP contribution in [0.2, 0.25) is 0 Å². The van der Waals surface area contributed by atoms with Crippen molar-refractivity contribution < 1.29 is 19.2 Å². The van der Waals surface area contributed by atoms with E-state index in [-0.39, 0.29) is 17.8 Å². The molecule has 0 saturated carbocycles. The summed E-state index contributed by atoms with van der Waals surface area (Å²) in [4.78, 5) is 12.1. The normalized spacial score (nSPS) is 12.0. The van der Waals surface area contributed by atoms with Gasteiger partial charge in [0.15, 0.2) is 6.54 Å². The molecule has 0 aliphatic heterocycles. The first-order chi connectivity index (χ1) is 12.0. The van der Waals surface area contributed by atoms with E-state index in [0.29, 0.717) is 19.0 Å². The molecule has 5 heteroatoms. The van der Waals surface area contributed by atoms with E-state index in [2.05, 4.69) is 19.2 Å². The Morgan fingerprint density at radius 1 is 1.12 bits per heavy atom. The SMILES string of the molecule is COc1ccc(CNC(=O)C[NH2+][C@H](c2ccc(F)cc2)C(C)C)cc1. The van der Waals surface area contributed by atoms with Gasteiger partial charge in [-0.3, -0.25) is 4.79 Å². The van der Waals surface area contributed by atoms with Gasteiger partial charge >= 0.3 is 0 Å². The zero-order valence-electron chi connectivity index (χ0n) is 15.0. The Hall–Kier alpha value is -2.40. The molecule has 0 heterocycles. The zero-order chi connectivity index (χ0) is 18.2. The van der Waals surface area contributed by atoms with Crippen molar-refractivity contribution >= 4 is 5.91 Å². The van der Waals surface area contributed by atoms with Crippen molar-refractivity contribution in [1.82, 2.24) is 5.32 Å². The predicted molar refractivity (Wildman–Crippen MR) is 95.6 cm³/mol. The zero-order valence-corrected chi connectivity index (χ0v) is 15.0. The van der Waals surface area contributed by atoms with E-state index in [1.165, 1.54) is 12.1 Å². The highest BCUT2D eigenvalue weighted by Gasteiger charge is 2.20. The number of halogens is 1. The highest BCUT2D eigenvalue weighted by molar-refractivity contribution is 5.76. The van der Waals surface area contributed by atoms with Gasteiger partial charge in [0.05, 0.1) is 7.11 Å². The second kappa shape index (κ2) is 9.18. The number of hydrogen-bond donors (Lipinski definition) is 2. The quantitative estimate of drug-likeness (QED) is 0.772. The third-order valence-corrected chi connectivity index (χ3v) is 4.18. The molecule has 134 valence electrons. The summed E-state index contributed by atoms with van der Waals surface area (Å²) in [6, 6.07) is 14.2. The summed E-state index contributed by atoms with van der Waals surface area (Å²) in [6.45, 7) is 5.01. The Morgan fingerprint density at radius 2 is 1.76 bits per heavy atom. The summed E-state index contributed by atoms with van der Waals surface area (Å²) < 4.78 is 18.2. The number of rotatable bonds is 8. The summed E-state index contributed by atoms with van der Waals surface area (Å²) >= 11 is 0. The van der Waals surface area contributed by atoms with Gasteiger partial charge in [0.25, 0.3) is 5.91 Å². The number of carbonyl (C=O) groups excluding carboxylic acids is 1. The Kier molecular flexibility index (Phi) is 6.95. The van der Waals surface area contributed by atoms with Crippen LogP contribution in [0, 0.1) is 11.7 Å². The fourth-order valence-corrected chi connectivity index (χ4v) is 2.73. The summed E-state index contributed by atoms with van der Waals surface area (Å²) in [6.07, 6.45) is 0. The maximum atomic E-state index is 13.1. The van der Waals surface area contributed by atoms with E-state index in [1.54, 1.807) is 19.2 Å². The van der Waals surface area contributed by atoms with Crippen LogP contribution < -0.4 is 15.4 Å². The fraction of sp³-hybridized carbons (Fsp3) is 0.350. The van der Waals surface area contributed by atoms with Gasteiger partial charge in [0, 0.05) is 18.0 Å². The summed E-state index contributed by atoms with van der Waals surface area (Å²) in [5.74, 6) is 0.856. The number of methoxy groups -OCH3 is 1. The van der Waals surface area contributed by atoms with Gasteiger partial charge in [0.1, 0.15) is 17.6 Å². The van der Waals surface area contributed by atoms with Crippen LogP contribution >= 0.6 is 0 Å². The number of quaternary nitrogens is 1. The van der Waals surface area contributed by atoms with Gasteiger partial charge in [-0.25, -0.2) is 4.39 Å². The van der Waals surface area contributed by atoms with E-state index >= 15 is 0 Å². The number of nitrogens with two attached hydrogens (primary N) is 1. The third-order valence-electron chi connectivity index (χ3n) is 4.18. The van der Waals surface area contributed by atoms with Gasteiger partial charge in [-0.15, -0.1) is 0 Å². The van der Waals surface area contributed by atoms with Gasteiger partial charge < -0.3 is 15.4 Å². The lowest BCUT2D eigenvalue weighted by Gasteiger charge is -2.19. The first-order valence-electron chi connectivity index (χ1n) is 8.48. The topological polar surface area (TPSA) is 54.9 Å². The van der Waals surface area contributed by atoms with E-state index in [4.69, 9.17) is 4.74 Å². The summed E-state index contributed by atoms with van der Waals surface area (Å²) in [5, 5.41) is 4.92. The van der Waals surface area contributed by atoms with E-state index < -0.39 is 0 Å². The molecule has 0 bridgehead atoms. The van der Waals surface area contributed by atoms with Crippen LogP contribution in [0.25, 0.3) is 0 Å². The molecular formula is C20H26FN2O2+. The predicted octanol–water partition coefficient (Wildman–Crippen LogP) is 2.41. The van der Waals surface area contributed by atoms with Crippen molar-refractivity contribution in [2.45, 2.75) is 26.4 Å². The Balaban J connectivity index is 1.85. The molecule has 0 spiro atoms. The molecule has 4 nitrogen and oxygen atoms in total. The lowest BCUT2D eigenvalue weighted by Crippen LogP contribution is -2.88. The van der Waals surface area contributed by atoms with Crippen LogP contribution in [0.5, 0.6) is 5.75 Å². The largest absolute Gasteiger partial charge is 0.497 e. The van der Waals surface area contributed by atoms with Crippen molar-refractivity contribution in [3.05, 3.63) is 65.5 Å². The summed E-state index contributed by atoms with van der Waals surface area (Å²) in [7, 11) is 1.62. The molecule has 2 aromatic rings. The van der Waals surface area contributed by atoms with E-state index in [0.717, 1.165) is 16.9 Å². The van der Waals surface area contributed by atoms with Crippen molar-refractivity contribution in [1.29, 1.82) is 0 Å². The summed E-state index contributed by atoms with van der Waals surface area (Å²) in [5.41, 5.74) is 2.05. The van der Waals surface area contributed by atoms with Crippen molar-refractivity contribution in [2.75, 3.05) is 13.7 Å². The van der Waals surface area contributed by atoms with Crippen LogP contribution in [0.15, 0.2) is 48.5 Å².